The molecule has 3 aromatic rings. The molecule has 50 heavy (non-hydrogen) atoms. The summed E-state index contributed by atoms with van der Waals surface area (Å²) in [5, 5.41) is 0. The Hall–Kier alpha value is -4.64. The van der Waals surface area contributed by atoms with Crippen molar-refractivity contribution in [1.29, 1.82) is 0 Å². The van der Waals surface area contributed by atoms with Gasteiger partial charge in [-0.05, 0) is 65.8 Å². The van der Waals surface area contributed by atoms with Crippen LogP contribution in [0.3, 0.4) is 0 Å². The van der Waals surface area contributed by atoms with Crippen LogP contribution < -0.4 is 4.90 Å². The molecule has 1 aliphatic carbocycles. The van der Waals surface area contributed by atoms with E-state index in [4.69, 9.17) is 4.74 Å². The van der Waals surface area contributed by atoms with Crippen molar-refractivity contribution in [3.8, 4) is 0 Å². The van der Waals surface area contributed by atoms with Gasteiger partial charge in [-0.1, -0.05) is 54.6 Å². The summed E-state index contributed by atoms with van der Waals surface area (Å²) in [4.78, 5) is 47.2. The Morgan fingerprint density at radius 1 is 0.900 bits per heavy atom. The number of halogens is 3. The predicted molar refractivity (Wildman–Crippen MR) is 187 cm³/mol. The molecule has 2 aliphatic rings. The van der Waals surface area contributed by atoms with E-state index < -0.39 is 23.7 Å². The second-order valence-corrected chi connectivity index (χ2v) is 13.1. The molecule has 1 atom stereocenters. The summed E-state index contributed by atoms with van der Waals surface area (Å²) in [5.41, 5.74) is 2.35. The second-order valence-electron chi connectivity index (χ2n) is 13.1. The molecule has 5 rings (SSSR count). The number of carbonyl (C=O) groups excluding carboxylic acids is 3. The van der Waals surface area contributed by atoms with E-state index in [2.05, 4.69) is 4.90 Å². The molecule has 0 bridgehead atoms. The van der Waals surface area contributed by atoms with Crippen LogP contribution in [-0.4, -0.2) is 91.4 Å². The fraction of sp³-hybridized carbons (Fsp3) is 0.410. The molecule has 3 aromatic carbocycles. The molecule has 0 aromatic heterocycles. The van der Waals surface area contributed by atoms with Crippen LogP contribution in [0.4, 0.5) is 18.9 Å². The molecule has 11 heteroatoms. The first-order chi connectivity index (χ1) is 24.0. The molecule has 8 nitrogen and oxygen atoms in total. The van der Waals surface area contributed by atoms with Crippen LogP contribution in [0.25, 0.3) is 6.08 Å². The fourth-order valence-electron chi connectivity index (χ4n) is 5.95. The van der Waals surface area contributed by atoms with Gasteiger partial charge in [0.15, 0.2) is 0 Å². The summed E-state index contributed by atoms with van der Waals surface area (Å²) in [5.74, 6) is -0.0155. The number of benzene rings is 3. The van der Waals surface area contributed by atoms with E-state index in [0.717, 1.165) is 28.9 Å². The first-order valence-corrected chi connectivity index (χ1v) is 17.1. The first-order valence-electron chi connectivity index (χ1n) is 17.1. The van der Waals surface area contributed by atoms with E-state index >= 15 is 0 Å². The van der Waals surface area contributed by atoms with E-state index in [1.54, 1.807) is 18.9 Å². The van der Waals surface area contributed by atoms with Gasteiger partial charge in [0.25, 0.3) is 0 Å². The van der Waals surface area contributed by atoms with Gasteiger partial charge in [-0.3, -0.25) is 14.4 Å². The Balaban J connectivity index is 1.39. The van der Waals surface area contributed by atoms with Crippen LogP contribution in [0.15, 0.2) is 84.9 Å². The highest BCUT2D eigenvalue weighted by molar-refractivity contribution is 5.95. The van der Waals surface area contributed by atoms with E-state index in [-0.39, 0.29) is 24.8 Å². The number of ether oxygens (including phenoxy) is 1. The number of amides is 3. The van der Waals surface area contributed by atoms with Gasteiger partial charge in [0.2, 0.25) is 17.7 Å². The van der Waals surface area contributed by atoms with E-state index in [9.17, 15) is 27.6 Å². The molecular weight excluding hydrogens is 645 g/mol. The first kappa shape index (κ1) is 36.6. The molecule has 1 aliphatic heterocycles. The van der Waals surface area contributed by atoms with Gasteiger partial charge in [0.1, 0.15) is 6.04 Å². The lowest BCUT2D eigenvalue weighted by molar-refractivity contribution is -0.143. The minimum Gasteiger partial charge on any atom is -0.379 e. The van der Waals surface area contributed by atoms with Gasteiger partial charge in [0, 0.05) is 78.0 Å². The van der Waals surface area contributed by atoms with Gasteiger partial charge < -0.3 is 24.3 Å². The Labute approximate surface area is 292 Å². The fourth-order valence-corrected chi connectivity index (χ4v) is 5.95. The van der Waals surface area contributed by atoms with Gasteiger partial charge in [-0.15, -0.1) is 0 Å². The maximum absolute atomic E-state index is 14.2. The van der Waals surface area contributed by atoms with Crippen molar-refractivity contribution in [1.82, 2.24) is 14.7 Å². The standard InChI is InChI=1S/C39H45F3N4O4/c1-29(47)44-20-22-45(23-21-44)35-17-12-32(13-18-35)27-46(37(48)19-14-30-10-15-34(16-11-30)39(40,41)42)36(26-31-6-4-3-5-7-31)38(49)43(2)24-25-50-28-33-8-9-33/h3-7,10-19,33,36H,8-9,20-28H2,1-2H3. The molecule has 1 heterocycles. The SMILES string of the molecule is CC(=O)N1CCN(c2ccc(CN(C(=O)C=Cc3ccc(C(F)(F)F)cc3)C(Cc3ccccc3)C(=O)N(C)CCOCC3CC3)cc2)CC1. The molecule has 1 saturated carbocycles. The number of alkyl halides is 3. The minimum absolute atomic E-state index is 0.0631. The normalized spacial score (nSPS) is 15.6. The number of hydrogen-bond acceptors (Lipinski definition) is 5. The van der Waals surface area contributed by atoms with E-state index in [1.165, 1.54) is 42.0 Å². The average Bonchev–Trinajstić information content (AvgIpc) is 3.95. The summed E-state index contributed by atoms with van der Waals surface area (Å²) in [6.07, 6.45) is 0.928. The number of carbonyl (C=O) groups is 3. The van der Waals surface area contributed by atoms with Crippen LogP contribution in [0.2, 0.25) is 0 Å². The lowest BCUT2D eigenvalue weighted by Gasteiger charge is -2.36. The van der Waals surface area contributed by atoms with Crippen molar-refractivity contribution in [3.63, 3.8) is 0 Å². The van der Waals surface area contributed by atoms with E-state index in [1.807, 2.05) is 59.5 Å². The van der Waals surface area contributed by atoms with Crippen LogP contribution in [-0.2, 0) is 38.3 Å². The van der Waals surface area contributed by atoms with Crippen molar-refractivity contribution in [2.75, 3.05) is 57.9 Å². The maximum atomic E-state index is 14.2. The van der Waals surface area contributed by atoms with Crippen molar-refractivity contribution in [3.05, 3.63) is 107 Å². The summed E-state index contributed by atoms with van der Waals surface area (Å²) < 4.78 is 45.2. The zero-order valence-electron chi connectivity index (χ0n) is 28.6. The van der Waals surface area contributed by atoms with Crippen molar-refractivity contribution < 1.29 is 32.3 Å². The molecule has 0 spiro atoms. The summed E-state index contributed by atoms with van der Waals surface area (Å²) in [7, 11) is 1.71. The average molecular weight is 691 g/mol. The molecule has 1 unspecified atom stereocenters. The second kappa shape index (κ2) is 16.8. The van der Waals surface area contributed by atoms with Gasteiger partial charge in [-0.2, -0.15) is 13.2 Å². The maximum Gasteiger partial charge on any atom is 0.416 e. The largest absolute Gasteiger partial charge is 0.416 e. The molecule has 0 radical (unpaired) electrons. The Morgan fingerprint density at radius 2 is 1.56 bits per heavy atom. The predicted octanol–water partition coefficient (Wildman–Crippen LogP) is 5.91. The van der Waals surface area contributed by atoms with Crippen LogP contribution >= 0.6 is 0 Å². The summed E-state index contributed by atoms with van der Waals surface area (Å²) in [6.45, 7) is 5.85. The van der Waals surface area contributed by atoms with Crippen LogP contribution in [0.5, 0.6) is 0 Å². The zero-order chi connectivity index (χ0) is 35.7. The topological polar surface area (TPSA) is 73.4 Å². The van der Waals surface area contributed by atoms with Crippen molar-refractivity contribution in [2.45, 2.75) is 44.9 Å². The van der Waals surface area contributed by atoms with E-state index in [0.29, 0.717) is 57.4 Å². The molecule has 2 fully saturated rings. The summed E-state index contributed by atoms with van der Waals surface area (Å²) >= 11 is 0. The monoisotopic (exact) mass is 690 g/mol. The Kier molecular flexibility index (Phi) is 12.3. The number of hydrogen-bond donors (Lipinski definition) is 0. The van der Waals surface area contributed by atoms with Crippen LogP contribution in [0, 0.1) is 5.92 Å². The third kappa shape index (κ3) is 10.4. The highest BCUT2D eigenvalue weighted by Gasteiger charge is 2.32. The van der Waals surface area contributed by atoms with Crippen molar-refractivity contribution in [2.24, 2.45) is 5.92 Å². The highest BCUT2D eigenvalue weighted by atomic mass is 19.4. The zero-order valence-corrected chi connectivity index (χ0v) is 28.6. The number of nitrogens with zero attached hydrogens (tertiary/aromatic N) is 4. The quantitative estimate of drug-likeness (QED) is 0.155. The highest BCUT2D eigenvalue weighted by Crippen LogP contribution is 2.30. The smallest absolute Gasteiger partial charge is 0.379 e. The van der Waals surface area contributed by atoms with Gasteiger partial charge in [0.05, 0.1) is 12.2 Å². The van der Waals surface area contributed by atoms with Gasteiger partial charge in [-0.25, -0.2) is 0 Å². The third-order valence-electron chi connectivity index (χ3n) is 9.25. The lowest BCUT2D eigenvalue weighted by Crippen LogP contribution is -2.51. The van der Waals surface area contributed by atoms with Crippen molar-refractivity contribution >= 4 is 29.5 Å². The molecular formula is C39H45F3N4O4. The molecule has 3 amide bonds. The number of rotatable bonds is 14. The number of likely N-dealkylation sites (N-methyl/N-ethyl adjacent to an activating group) is 1. The minimum atomic E-state index is -4.46. The molecule has 0 N–H and O–H groups in total. The third-order valence-corrected chi connectivity index (χ3v) is 9.25. The molecule has 1 saturated heterocycles. The van der Waals surface area contributed by atoms with Gasteiger partial charge >= 0.3 is 6.18 Å². The number of anilines is 1. The lowest BCUT2D eigenvalue weighted by atomic mass is 10.0. The molecule has 266 valence electrons. The van der Waals surface area contributed by atoms with Crippen LogP contribution in [0.1, 0.15) is 42.0 Å². The Morgan fingerprint density at radius 3 is 2.16 bits per heavy atom. The Bertz CT molecular complexity index is 1600. The number of piperazine rings is 1. The summed E-state index contributed by atoms with van der Waals surface area (Å²) in [6, 6.07) is 21.1.